The highest BCUT2D eigenvalue weighted by molar-refractivity contribution is 5.66. The van der Waals surface area contributed by atoms with Crippen LogP contribution in [0.3, 0.4) is 0 Å². The van der Waals surface area contributed by atoms with Crippen LogP contribution in [0.15, 0.2) is 42.7 Å². The van der Waals surface area contributed by atoms with Crippen LogP contribution >= 0.6 is 0 Å². The molecule has 0 saturated heterocycles. The fourth-order valence-corrected chi connectivity index (χ4v) is 1.91. The van der Waals surface area contributed by atoms with Gasteiger partial charge in [-0.25, -0.2) is 0 Å². The van der Waals surface area contributed by atoms with E-state index in [0.717, 1.165) is 30.0 Å². The van der Waals surface area contributed by atoms with Gasteiger partial charge in [-0.05, 0) is 30.7 Å². The summed E-state index contributed by atoms with van der Waals surface area (Å²) in [4.78, 5) is 6.28. The second kappa shape index (κ2) is 6.58. The van der Waals surface area contributed by atoms with Gasteiger partial charge >= 0.3 is 0 Å². The average Bonchev–Trinajstić information content (AvgIpc) is 2.52. The molecule has 0 aliphatic heterocycles. The summed E-state index contributed by atoms with van der Waals surface area (Å²) in [6, 6.07) is 11.7. The maximum Gasteiger partial charge on any atom is 0.0992 e. The van der Waals surface area contributed by atoms with Gasteiger partial charge < -0.3 is 10.2 Å². The lowest BCUT2D eigenvalue weighted by atomic mass is 10.2. The summed E-state index contributed by atoms with van der Waals surface area (Å²) >= 11 is 0. The monoisotopic (exact) mass is 266 g/mol. The molecule has 1 aromatic heterocycles. The number of nitrogens with one attached hydrogen (secondary N) is 1. The molecule has 0 amide bonds. The molecule has 1 aromatic carbocycles. The molecule has 1 heterocycles. The predicted molar refractivity (Wildman–Crippen MR) is 82.2 cm³/mol. The van der Waals surface area contributed by atoms with Crippen molar-refractivity contribution in [2.45, 2.75) is 13.3 Å². The molecule has 0 fully saturated rings. The molecule has 1 N–H and O–H groups in total. The number of benzene rings is 1. The van der Waals surface area contributed by atoms with Gasteiger partial charge in [-0.3, -0.25) is 4.98 Å². The van der Waals surface area contributed by atoms with Crippen molar-refractivity contribution < 1.29 is 0 Å². The van der Waals surface area contributed by atoms with E-state index in [-0.39, 0.29) is 0 Å². The molecule has 0 unspecified atom stereocenters. The SMILES string of the molecule is CCCNc1cncc(N(C)c2cccc(C#N)c2)c1. The van der Waals surface area contributed by atoms with Crippen molar-refractivity contribution in [1.29, 1.82) is 5.26 Å². The molecule has 4 heteroatoms. The number of nitrogens with zero attached hydrogens (tertiary/aromatic N) is 3. The average molecular weight is 266 g/mol. The Bertz CT molecular complexity index is 616. The Morgan fingerprint density at radius 1 is 1.25 bits per heavy atom. The molecule has 20 heavy (non-hydrogen) atoms. The van der Waals surface area contributed by atoms with E-state index in [1.165, 1.54) is 0 Å². The molecule has 0 aliphatic carbocycles. The third-order valence-corrected chi connectivity index (χ3v) is 3.05. The Morgan fingerprint density at radius 2 is 2.10 bits per heavy atom. The van der Waals surface area contributed by atoms with E-state index in [1.807, 2.05) is 42.5 Å². The van der Waals surface area contributed by atoms with Gasteiger partial charge in [-0.2, -0.15) is 5.26 Å². The zero-order chi connectivity index (χ0) is 14.4. The van der Waals surface area contributed by atoms with E-state index in [1.54, 1.807) is 6.07 Å². The number of nitriles is 1. The van der Waals surface area contributed by atoms with Gasteiger partial charge in [0.1, 0.15) is 0 Å². The number of rotatable bonds is 5. The normalized spacial score (nSPS) is 9.85. The van der Waals surface area contributed by atoms with Crippen molar-refractivity contribution >= 4 is 17.1 Å². The van der Waals surface area contributed by atoms with E-state index in [0.29, 0.717) is 5.56 Å². The highest BCUT2D eigenvalue weighted by Crippen LogP contribution is 2.25. The molecule has 2 rings (SSSR count). The number of hydrogen-bond donors (Lipinski definition) is 1. The number of pyridine rings is 1. The lowest BCUT2D eigenvalue weighted by molar-refractivity contribution is 0.977. The summed E-state index contributed by atoms with van der Waals surface area (Å²) in [7, 11) is 1.97. The van der Waals surface area contributed by atoms with Crippen molar-refractivity contribution in [3.05, 3.63) is 48.3 Å². The Balaban J connectivity index is 2.23. The standard InChI is InChI=1S/C16H18N4/c1-3-7-19-14-9-16(12-18-11-14)20(2)15-6-4-5-13(8-15)10-17/h4-6,8-9,11-12,19H,3,7H2,1-2H3. The van der Waals surface area contributed by atoms with Crippen LogP contribution in [0.4, 0.5) is 17.1 Å². The molecule has 0 aliphatic rings. The highest BCUT2D eigenvalue weighted by Gasteiger charge is 2.06. The summed E-state index contributed by atoms with van der Waals surface area (Å²) in [5.74, 6) is 0. The minimum Gasteiger partial charge on any atom is -0.384 e. The van der Waals surface area contributed by atoms with E-state index in [9.17, 15) is 0 Å². The highest BCUT2D eigenvalue weighted by atomic mass is 15.1. The second-order valence-corrected chi connectivity index (χ2v) is 4.58. The Kier molecular flexibility index (Phi) is 4.56. The minimum absolute atomic E-state index is 0.655. The van der Waals surface area contributed by atoms with Crippen LogP contribution in [0.5, 0.6) is 0 Å². The molecule has 2 aromatic rings. The first-order chi connectivity index (χ1) is 9.74. The number of hydrogen-bond acceptors (Lipinski definition) is 4. The molecule has 0 radical (unpaired) electrons. The largest absolute Gasteiger partial charge is 0.384 e. The van der Waals surface area contributed by atoms with Gasteiger partial charge in [0.25, 0.3) is 0 Å². The van der Waals surface area contributed by atoms with Gasteiger partial charge in [0, 0.05) is 19.3 Å². The third kappa shape index (κ3) is 3.27. The first-order valence-electron chi connectivity index (χ1n) is 6.67. The quantitative estimate of drug-likeness (QED) is 0.899. The maximum atomic E-state index is 8.96. The van der Waals surface area contributed by atoms with E-state index < -0.39 is 0 Å². The maximum absolute atomic E-state index is 8.96. The van der Waals surface area contributed by atoms with E-state index in [2.05, 4.69) is 29.4 Å². The van der Waals surface area contributed by atoms with Crippen LogP contribution in [0.25, 0.3) is 0 Å². The van der Waals surface area contributed by atoms with Gasteiger partial charge in [-0.15, -0.1) is 0 Å². The van der Waals surface area contributed by atoms with E-state index in [4.69, 9.17) is 5.26 Å². The summed E-state index contributed by atoms with van der Waals surface area (Å²) in [5, 5.41) is 12.3. The van der Waals surface area contributed by atoms with Crippen molar-refractivity contribution in [3.8, 4) is 6.07 Å². The third-order valence-electron chi connectivity index (χ3n) is 3.05. The lowest BCUT2D eigenvalue weighted by Gasteiger charge is -2.20. The summed E-state index contributed by atoms with van der Waals surface area (Å²) in [5.41, 5.74) is 3.62. The van der Waals surface area contributed by atoms with Gasteiger partial charge in [0.05, 0.1) is 35.4 Å². The van der Waals surface area contributed by atoms with Crippen molar-refractivity contribution in [1.82, 2.24) is 4.98 Å². The fraction of sp³-hybridized carbons (Fsp3) is 0.250. The van der Waals surface area contributed by atoms with E-state index >= 15 is 0 Å². The smallest absolute Gasteiger partial charge is 0.0992 e. The molecule has 4 nitrogen and oxygen atoms in total. The van der Waals surface area contributed by atoms with Crippen LogP contribution < -0.4 is 10.2 Å². The molecular weight excluding hydrogens is 248 g/mol. The van der Waals surface area contributed by atoms with Crippen molar-refractivity contribution in [2.24, 2.45) is 0 Å². The van der Waals surface area contributed by atoms with Crippen LogP contribution in [-0.2, 0) is 0 Å². The first-order valence-corrected chi connectivity index (χ1v) is 6.67. The van der Waals surface area contributed by atoms with Crippen molar-refractivity contribution in [3.63, 3.8) is 0 Å². The predicted octanol–water partition coefficient (Wildman–Crippen LogP) is 3.54. The molecule has 0 atom stereocenters. The van der Waals surface area contributed by atoms with Gasteiger partial charge in [0.2, 0.25) is 0 Å². The fourth-order valence-electron chi connectivity index (χ4n) is 1.91. The lowest BCUT2D eigenvalue weighted by Crippen LogP contribution is -2.10. The summed E-state index contributed by atoms with van der Waals surface area (Å²) in [6.45, 7) is 3.06. The summed E-state index contributed by atoms with van der Waals surface area (Å²) in [6.07, 6.45) is 4.71. The molecule has 0 bridgehead atoms. The van der Waals surface area contributed by atoms with Gasteiger partial charge in [-0.1, -0.05) is 13.0 Å². The Morgan fingerprint density at radius 3 is 2.85 bits per heavy atom. The van der Waals surface area contributed by atoms with Crippen molar-refractivity contribution in [2.75, 3.05) is 23.8 Å². The van der Waals surface area contributed by atoms with Crippen LogP contribution in [-0.4, -0.2) is 18.6 Å². The Labute approximate surface area is 119 Å². The number of aromatic nitrogens is 1. The zero-order valence-electron chi connectivity index (χ0n) is 11.8. The summed E-state index contributed by atoms with van der Waals surface area (Å²) < 4.78 is 0. The minimum atomic E-state index is 0.655. The first kappa shape index (κ1) is 13.9. The molecule has 0 saturated carbocycles. The van der Waals surface area contributed by atoms with Crippen LogP contribution in [0.2, 0.25) is 0 Å². The van der Waals surface area contributed by atoms with Crippen LogP contribution in [0, 0.1) is 11.3 Å². The Hall–Kier alpha value is -2.54. The zero-order valence-corrected chi connectivity index (χ0v) is 11.8. The molecule has 102 valence electrons. The van der Waals surface area contributed by atoms with Crippen LogP contribution in [0.1, 0.15) is 18.9 Å². The van der Waals surface area contributed by atoms with Gasteiger partial charge in [0.15, 0.2) is 0 Å². The number of anilines is 3. The molecular formula is C16H18N4. The topological polar surface area (TPSA) is 52.0 Å². The molecule has 0 spiro atoms. The second-order valence-electron chi connectivity index (χ2n) is 4.58.